The standard InChI is InChI=1S/C11H12F3NO/c1-3-16-9-5-7-8(4-6(9)2)11(13,14)15-10(7)12/h4-5,10,15H,3H2,1-2H3. The Bertz CT molecular complexity index is 420. The van der Waals surface area contributed by atoms with E-state index in [2.05, 4.69) is 0 Å². The summed E-state index contributed by atoms with van der Waals surface area (Å²) >= 11 is 0. The number of alkyl halides is 3. The molecule has 0 saturated carbocycles. The van der Waals surface area contributed by atoms with Crippen LogP contribution >= 0.6 is 0 Å². The Morgan fingerprint density at radius 3 is 2.75 bits per heavy atom. The van der Waals surface area contributed by atoms with Gasteiger partial charge in [0.15, 0.2) is 6.30 Å². The van der Waals surface area contributed by atoms with E-state index in [1.165, 1.54) is 12.1 Å². The Morgan fingerprint density at radius 1 is 1.44 bits per heavy atom. The molecule has 0 bridgehead atoms. The van der Waals surface area contributed by atoms with Crippen LogP contribution < -0.4 is 10.1 Å². The lowest BCUT2D eigenvalue weighted by atomic mass is 10.0. The lowest BCUT2D eigenvalue weighted by Crippen LogP contribution is -2.27. The molecule has 0 radical (unpaired) electrons. The zero-order valence-electron chi connectivity index (χ0n) is 8.98. The van der Waals surface area contributed by atoms with Crippen molar-refractivity contribution in [2.24, 2.45) is 0 Å². The topological polar surface area (TPSA) is 21.3 Å². The molecule has 1 aliphatic rings. The molecule has 88 valence electrons. The van der Waals surface area contributed by atoms with Crippen LogP contribution in [0.1, 0.15) is 29.9 Å². The van der Waals surface area contributed by atoms with Crippen LogP contribution in [0.2, 0.25) is 0 Å². The highest BCUT2D eigenvalue weighted by Gasteiger charge is 2.45. The number of benzene rings is 1. The molecule has 0 aromatic heterocycles. The molecule has 0 saturated heterocycles. The number of rotatable bonds is 2. The van der Waals surface area contributed by atoms with Gasteiger partial charge in [-0.15, -0.1) is 0 Å². The molecule has 0 fully saturated rings. The maximum atomic E-state index is 13.3. The van der Waals surface area contributed by atoms with Crippen LogP contribution in [0, 0.1) is 6.92 Å². The van der Waals surface area contributed by atoms with Crippen LogP contribution in [0.15, 0.2) is 12.1 Å². The maximum absolute atomic E-state index is 13.3. The molecule has 1 aromatic rings. The summed E-state index contributed by atoms with van der Waals surface area (Å²) in [5, 5.41) is 1.60. The minimum atomic E-state index is -3.30. The van der Waals surface area contributed by atoms with E-state index < -0.39 is 12.3 Å². The fourth-order valence-electron chi connectivity index (χ4n) is 1.81. The van der Waals surface area contributed by atoms with Gasteiger partial charge in [-0.25, -0.2) is 9.71 Å². The summed E-state index contributed by atoms with van der Waals surface area (Å²) in [6.07, 6.45) is -1.84. The highest BCUT2D eigenvalue weighted by Crippen LogP contribution is 2.43. The van der Waals surface area contributed by atoms with Gasteiger partial charge in [0.2, 0.25) is 0 Å². The van der Waals surface area contributed by atoms with Gasteiger partial charge in [-0.2, -0.15) is 8.78 Å². The summed E-state index contributed by atoms with van der Waals surface area (Å²) in [5.41, 5.74) is 0.233. The summed E-state index contributed by atoms with van der Waals surface area (Å²) in [4.78, 5) is 0. The molecule has 1 heterocycles. The Balaban J connectivity index is 2.51. The Morgan fingerprint density at radius 2 is 2.12 bits per heavy atom. The average Bonchev–Trinajstić information content (AvgIpc) is 2.39. The summed E-state index contributed by atoms with van der Waals surface area (Å²) in [5.74, 6) is 0.448. The maximum Gasteiger partial charge on any atom is 0.332 e. The van der Waals surface area contributed by atoms with Crippen LogP contribution in [-0.2, 0) is 6.05 Å². The number of fused-ring (bicyclic) bond motifs is 1. The van der Waals surface area contributed by atoms with Crippen molar-refractivity contribution in [2.45, 2.75) is 26.2 Å². The fraction of sp³-hybridized carbons (Fsp3) is 0.455. The highest BCUT2D eigenvalue weighted by atomic mass is 19.3. The molecular weight excluding hydrogens is 219 g/mol. The average molecular weight is 231 g/mol. The van der Waals surface area contributed by atoms with Gasteiger partial charge in [0.25, 0.3) is 0 Å². The number of hydrogen-bond donors (Lipinski definition) is 1. The normalized spacial score (nSPS) is 21.9. The zero-order chi connectivity index (χ0) is 11.9. The molecule has 1 unspecified atom stereocenters. The molecular formula is C11H12F3NO. The minimum absolute atomic E-state index is 0.0425. The molecule has 0 spiro atoms. The van der Waals surface area contributed by atoms with Crippen LogP contribution in [0.4, 0.5) is 13.2 Å². The van der Waals surface area contributed by atoms with Crippen molar-refractivity contribution in [3.8, 4) is 5.75 Å². The Hall–Kier alpha value is -1.23. The van der Waals surface area contributed by atoms with Crippen molar-refractivity contribution in [3.05, 3.63) is 28.8 Å². The minimum Gasteiger partial charge on any atom is -0.494 e. The lowest BCUT2D eigenvalue weighted by molar-refractivity contribution is -0.0505. The summed E-state index contributed by atoms with van der Waals surface area (Å²) in [7, 11) is 0. The molecule has 1 N–H and O–H groups in total. The monoisotopic (exact) mass is 231 g/mol. The van der Waals surface area contributed by atoms with E-state index in [0.717, 1.165) is 0 Å². The van der Waals surface area contributed by atoms with Crippen LogP contribution in [-0.4, -0.2) is 6.61 Å². The van der Waals surface area contributed by atoms with Gasteiger partial charge in [-0.05, 0) is 31.5 Å². The van der Waals surface area contributed by atoms with E-state index >= 15 is 0 Å². The van der Waals surface area contributed by atoms with Gasteiger partial charge in [0.05, 0.1) is 6.61 Å². The van der Waals surface area contributed by atoms with Gasteiger partial charge < -0.3 is 4.74 Å². The number of nitrogens with one attached hydrogen (secondary N) is 1. The predicted molar refractivity (Wildman–Crippen MR) is 53.2 cm³/mol. The third-order valence-corrected chi connectivity index (χ3v) is 2.57. The SMILES string of the molecule is CCOc1cc2c(cc1C)C(F)(F)NC2F. The molecule has 1 atom stereocenters. The summed E-state index contributed by atoms with van der Waals surface area (Å²) < 4.78 is 45.1. The van der Waals surface area contributed by atoms with E-state index in [1.807, 2.05) is 0 Å². The van der Waals surface area contributed by atoms with Crippen molar-refractivity contribution < 1.29 is 17.9 Å². The summed E-state index contributed by atoms with van der Waals surface area (Å²) in [6.45, 7) is 3.86. The van der Waals surface area contributed by atoms with E-state index in [0.29, 0.717) is 17.9 Å². The van der Waals surface area contributed by atoms with Crippen LogP contribution in [0.3, 0.4) is 0 Å². The molecule has 0 aliphatic carbocycles. The Kier molecular flexibility index (Phi) is 2.58. The van der Waals surface area contributed by atoms with Crippen molar-refractivity contribution >= 4 is 0 Å². The second-order valence-electron chi connectivity index (χ2n) is 3.72. The first kappa shape index (κ1) is 11.3. The molecule has 1 aromatic carbocycles. The molecule has 1 aliphatic heterocycles. The van der Waals surface area contributed by atoms with Crippen molar-refractivity contribution in [1.82, 2.24) is 5.32 Å². The fourth-order valence-corrected chi connectivity index (χ4v) is 1.81. The molecule has 2 nitrogen and oxygen atoms in total. The van der Waals surface area contributed by atoms with Crippen molar-refractivity contribution in [1.29, 1.82) is 0 Å². The Labute approximate surface area is 91.4 Å². The number of hydrogen-bond acceptors (Lipinski definition) is 2. The van der Waals surface area contributed by atoms with Gasteiger partial charge >= 0.3 is 6.05 Å². The smallest absolute Gasteiger partial charge is 0.332 e. The summed E-state index contributed by atoms with van der Waals surface area (Å²) in [6, 6.07) is -0.691. The molecule has 0 amide bonds. The predicted octanol–water partition coefficient (Wildman–Crippen LogP) is 3.01. The number of ether oxygens (including phenoxy) is 1. The molecule has 2 rings (SSSR count). The van der Waals surface area contributed by atoms with Gasteiger partial charge in [0, 0.05) is 11.1 Å². The van der Waals surface area contributed by atoms with Crippen molar-refractivity contribution in [3.63, 3.8) is 0 Å². The second kappa shape index (κ2) is 3.66. The highest BCUT2D eigenvalue weighted by molar-refractivity contribution is 5.47. The van der Waals surface area contributed by atoms with Crippen LogP contribution in [0.5, 0.6) is 5.75 Å². The number of aryl methyl sites for hydroxylation is 1. The first-order chi connectivity index (χ1) is 7.45. The third-order valence-electron chi connectivity index (χ3n) is 2.57. The first-order valence-corrected chi connectivity index (χ1v) is 5.03. The van der Waals surface area contributed by atoms with E-state index in [-0.39, 0.29) is 11.1 Å². The quantitative estimate of drug-likeness (QED) is 0.790. The third kappa shape index (κ3) is 1.65. The first-order valence-electron chi connectivity index (χ1n) is 5.03. The second-order valence-corrected chi connectivity index (χ2v) is 3.72. The van der Waals surface area contributed by atoms with E-state index in [9.17, 15) is 13.2 Å². The lowest BCUT2D eigenvalue weighted by Gasteiger charge is -2.12. The van der Waals surface area contributed by atoms with E-state index in [1.54, 1.807) is 19.2 Å². The molecule has 5 heteroatoms. The van der Waals surface area contributed by atoms with Crippen LogP contribution in [0.25, 0.3) is 0 Å². The number of halogens is 3. The van der Waals surface area contributed by atoms with Gasteiger partial charge in [-0.3, -0.25) is 0 Å². The van der Waals surface area contributed by atoms with Crippen molar-refractivity contribution in [2.75, 3.05) is 6.61 Å². The zero-order valence-corrected chi connectivity index (χ0v) is 8.98. The molecule has 16 heavy (non-hydrogen) atoms. The van der Waals surface area contributed by atoms with Gasteiger partial charge in [0.1, 0.15) is 5.75 Å². The van der Waals surface area contributed by atoms with E-state index in [4.69, 9.17) is 4.74 Å². The largest absolute Gasteiger partial charge is 0.494 e. The van der Waals surface area contributed by atoms with Gasteiger partial charge in [-0.1, -0.05) is 0 Å².